The number of benzene rings is 1. The maximum Gasteiger partial charge on any atom is 0.203 e. The van der Waals surface area contributed by atoms with Crippen molar-refractivity contribution in [3.63, 3.8) is 0 Å². The van der Waals surface area contributed by atoms with Crippen LogP contribution in [0, 0.1) is 5.41 Å². The van der Waals surface area contributed by atoms with Crippen LogP contribution in [0.4, 0.5) is 0 Å². The maximum absolute atomic E-state index is 11.5. The molecule has 1 aromatic heterocycles. The topological polar surface area (TPSA) is 54.0 Å². The molecular weight excluding hydrogens is 264 g/mol. The van der Waals surface area contributed by atoms with Gasteiger partial charge in [0.1, 0.15) is 5.78 Å². The summed E-state index contributed by atoms with van der Waals surface area (Å²) in [7, 11) is 0. The van der Waals surface area contributed by atoms with E-state index in [1.54, 1.807) is 11.5 Å². The van der Waals surface area contributed by atoms with Crippen molar-refractivity contribution >= 4 is 16.8 Å². The van der Waals surface area contributed by atoms with Crippen LogP contribution >= 0.6 is 0 Å². The molecule has 0 saturated heterocycles. The van der Waals surface area contributed by atoms with Crippen LogP contribution in [0.2, 0.25) is 0 Å². The van der Waals surface area contributed by atoms with Crippen LogP contribution in [0.3, 0.4) is 0 Å². The number of carbonyl (C=O) groups is 1. The van der Waals surface area contributed by atoms with Crippen molar-refractivity contribution in [1.82, 2.24) is 14.0 Å². The van der Waals surface area contributed by atoms with Crippen molar-refractivity contribution in [2.24, 2.45) is 0 Å². The average molecular weight is 288 g/mol. The van der Waals surface area contributed by atoms with Crippen LogP contribution in [0.1, 0.15) is 20.8 Å². The van der Waals surface area contributed by atoms with Crippen molar-refractivity contribution in [3.05, 3.63) is 29.9 Å². The van der Waals surface area contributed by atoms with Gasteiger partial charge >= 0.3 is 0 Å². The first-order chi connectivity index (χ1) is 10.1. The molecule has 1 heterocycles. The van der Waals surface area contributed by atoms with E-state index in [9.17, 15) is 4.79 Å². The largest absolute Gasteiger partial charge is 0.309 e. The molecule has 2 aromatic rings. The molecule has 5 nitrogen and oxygen atoms in total. The SMILES string of the molecule is CCN(CC)CCn1c(=N)n(CC(C)=O)c2ccccc21. The number of carbonyl (C=O) groups excluding carboxylic acids is 1. The van der Waals surface area contributed by atoms with Gasteiger partial charge in [0, 0.05) is 13.1 Å². The molecule has 0 radical (unpaired) electrons. The van der Waals surface area contributed by atoms with Crippen molar-refractivity contribution in [2.75, 3.05) is 19.6 Å². The van der Waals surface area contributed by atoms with E-state index in [0.717, 1.165) is 37.2 Å². The molecule has 0 fully saturated rings. The number of rotatable bonds is 7. The molecule has 1 N–H and O–H groups in total. The molecule has 21 heavy (non-hydrogen) atoms. The predicted octanol–water partition coefficient (Wildman–Crippen LogP) is 1.85. The zero-order valence-electron chi connectivity index (χ0n) is 13.1. The molecule has 5 heteroatoms. The lowest BCUT2D eigenvalue weighted by atomic mass is 10.3. The first-order valence-corrected chi connectivity index (χ1v) is 7.52. The highest BCUT2D eigenvalue weighted by molar-refractivity contribution is 5.80. The molecule has 0 unspecified atom stereocenters. The van der Waals surface area contributed by atoms with Gasteiger partial charge in [-0.2, -0.15) is 0 Å². The molecule has 0 amide bonds. The van der Waals surface area contributed by atoms with Gasteiger partial charge in [0.05, 0.1) is 17.6 Å². The van der Waals surface area contributed by atoms with Gasteiger partial charge < -0.3 is 14.0 Å². The Kier molecular flexibility index (Phi) is 4.96. The molecule has 0 aliphatic rings. The van der Waals surface area contributed by atoms with Crippen molar-refractivity contribution in [2.45, 2.75) is 33.9 Å². The fraction of sp³-hybridized carbons (Fsp3) is 0.500. The summed E-state index contributed by atoms with van der Waals surface area (Å²) in [5.74, 6) is 0.0696. The third-order valence-corrected chi connectivity index (χ3v) is 3.89. The molecule has 114 valence electrons. The summed E-state index contributed by atoms with van der Waals surface area (Å²) in [6.07, 6.45) is 0. The van der Waals surface area contributed by atoms with Crippen LogP contribution < -0.4 is 5.62 Å². The number of hydrogen-bond donors (Lipinski definition) is 1. The predicted molar refractivity (Wildman–Crippen MR) is 84.3 cm³/mol. The minimum atomic E-state index is 0.0696. The Hall–Kier alpha value is -1.88. The summed E-state index contributed by atoms with van der Waals surface area (Å²) in [6, 6.07) is 7.93. The molecule has 0 aliphatic carbocycles. The van der Waals surface area contributed by atoms with E-state index in [1.165, 1.54) is 0 Å². The van der Waals surface area contributed by atoms with Crippen molar-refractivity contribution in [1.29, 1.82) is 5.41 Å². The van der Waals surface area contributed by atoms with Gasteiger partial charge in [-0.25, -0.2) is 0 Å². The zero-order chi connectivity index (χ0) is 15.4. The number of Topliss-reactive ketones (excluding diaryl/α,β-unsaturated/α-hetero) is 1. The Labute approximate surface area is 125 Å². The second-order valence-corrected chi connectivity index (χ2v) is 5.28. The second-order valence-electron chi connectivity index (χ2n) is 5.28. The Bertz CT molecular complexity index is 679. The summed E-state index contributed by atoms with van der Waals surface area (Å²) in [5, 5.41) is 8.38. The number of para-hydroxylation sites is 2. The first kappa shape index (κ1) is 15.5. The molecular formula is C16H24N4O. The van der Waals surface area contributed by atoms with Crippen molar-refractivity contribution in [3.8, 4) is 0 Å². The van der Waals surface area contributed by atoms with E-state index in [-0.39, 0.29) is 12.3 Å². The second kappa shape index (κ2) is 6.72. The van der Waals surface area contributed by atoms with Crippen LogP contribution in [0.5, 0.6) is 0 Å². The molecule has 0 bridgehead atoms. The van der Waals surface area contributed by atoms with Gasteiger partial charge in [-0.15, -0.1) is 0 Å². The number of nitrogens with zero attached hydrogens (tertiary/aromatic N) is 3. The van der Waals surface area contributed by atoms with E-state index in [2.05, 4.69) is 18.7 Å². The van der Waals surface area contributed by atoms with E-state index >= 15 is 0 Å². The summed E-state index contributed by atoms with van der Waals surface area (Å²) in [5.41, 5.74) is 2.38. The van der Waals surface area contributed by atoms with Crippen LogP contribution in [0.15, 0.2) is 24.3 Å². The number of hydrogen-bond acceptors (Lipinski definition) is 3. The fourth-order valence-electron chi connectivity index (χ4n) is 2.68. The Morgan fingerprint density at radius 2 is 1.71 bits per heavy atom. The van der Waals surface area contributed by atoms with Gasteiger partial charge in [-0.05, 0) is 32.1 Å². The monoisotopic (exact) mass is 288 g/mol. The number of fused-ring (bicyclic) bond motifs is 1. The van der Waals surface area contributed by atoms with Gasteiger partial charge in [0.15, 0.2) is 0 Å². The van der Waals surface area contributed by atoms with Gasteiger partial charge in [-0.3, -0.25) is 10.2 Å². The molecule has 0 saturated carbocycles. The molecule has 0 aliphatic heterocycles. The van der Waals surface area contributed by atoms with Gasteiger partial charge in [0.2, 0.25) is 5.62 Å². The molecule has 0 atom stereocenters. The van der Waals surface area contributed by atoms with Crippen LogP contribution in [-0.4, -0.2) is 39.5 Å². The minimum absolute atomic E-state index is 0.0696. The summed E-state index contributed by atoms with van der Waals surface area (Å²) in [6.45, 7) is 9.83. The van der Waals surface area contributed by atoms with Gasteiger partial charge in [0.25, 0.3) is 0 Å². The molecule has 0 spiro atoms. The quantitative estimate of drug-likeness (QED) is 0.845. The third kappa shape index (κ3) is 3.24. The maximum atomic E-state index is 11.5. The number of nitrogens with one attached hydrogen (secondary N) is 1. The van der Waals surface area contributed by atoms with Gasteiger partial charge in [-0.1, -0.05) is 26.0 Å². The van der Waals surface area contributed by atoms with Crippen molar-refractivity contribution < 1.29 is 4.79 Å². The number of aromatic nitrogens is 2. The summed E-state index contributed by atoms with van der Waals surface area (Å²) < 4.78 is 3.79. The molecule has 2 rings (SSSR count). The lowest BCUT2D eigenvalue weighted by Gasteiger charge is -2.18. The third-order valence-electron chi connectivity index (χ3n) is 3.89. The smallest absolute Gasteiger partial charge is 0.203 e. The summed E-state index contributed by atoms with van der Waals surface area (Å²) >= 11 is 0. The molecule has 1 aromatic carbocycles. The average Bonchev–Trinajstić information content (AvgIpc) is 2.73. The number of imidazole rings is 1. The lowest BCUT2D eigenvalue weighted by Crippen LogP contribution is -2.32. The number of ketones is 1. The fourth-order valence-corrected chi connectivity index (χ4v) is 2.68. The Balaban J connectivity index is 2.41. The normalized spacial score (nSPS) is 11.4. The van der Waals surface area contributed by atoms with Crippen LogP contribution in [-0.2, 0) is 17.9 Å². The summed E-state index contributed by atoms with van der Waals surface area (Å²) in [4.78, 5) is 13.8. The van der Waals surface area contributed by atoms with E-state index in [0.29, 0.717) is 5.62 Å². The lowest BCUT2D eigenvalue weighted by molar-refractivity contribution is -0.117. The standard InChI is InChI=1S/C16H24N4O/c1-4-18(5-2)10-11-19-14-8-6-7-9-15(14)20(16(19)17)12-13(3)21/h6-9,17H,4-5,10-12H2,1-3H3. The minimum Gasteiger partial charge on any atom is -0.309 e. The Morgan fingerprint density at radius 3 is 2.24 bits per heavy atom. The number of likely N-dealkylation sites (N-methyl/N-ethyl adjacent to an activating group) is 1. The highest BCUT2D eigenvalue weighted by Gasteiger charge is 2.12. The highest BCUT2D eigenvalue weighted by Crippen LogP contribution is 2.12. The Morgan fingerprint density at radius 1 is 1.14 bits per heavy atom. The zero-order valence-corrected chi connectivity index (χ0v) is 13.1. The van der Waals surface area contributed by atoms with E-state index in [4.69, 9.17) is 5.41 Å². The highest BCUT2D eigenvalue weighted by atomic mass is 16.1. The van der Waals surface area contributed by atoms with E-state index < -0.39 is 0 Å². The first-order valence-electron chi connectivity index (χ1n) is 7.52. The van der Waals surface area contributed by atoms with Crippen LogP contribution in [0.25, 0.3) is 11.0 Å². The van der Waals surface area contributed by atoms with E-state index in [1.807, 2.05) is 28.8 Å².